The lowest BCUT2D eigenvalue weighted by Crippen LogP contribution is -2.23. The van der Waals surface area contributed by atoms with Crippen LogP contribution in [0.5, 0.6) is 5.75 Å². The van der Waals surface area contributed by atoms with Gasteiger partial charge >= 0.3 is 0 Å². The Hall–Kier alpha value is -2.05. The van der Waals surface area contributed by atoms with Crippen molar-refractivity contribution >= 4 is 17.5 Å². The summed E-state index contributed by atoms with van der Waals surface area (Å²) in [5, 5.41) is 6.90. The number of hydrogen-bond acceptors (Lipinski definition) is 5. The number of aromatic nitrogens is 1. The van der Waals surface area contributed by atoms with Crippen LogP contribution in [0, 0.1) is 6.92 Å². The van der Waals surface area contributed by atoms with E-state index in [2.05, 4.69) is 10.5 Å². The van der Waals surface area contributed by atoms with E-state index in [1.165, 1.54) is 0 Å². The number of carbonyl (C=O) groups is 1. The van der Waals surface area contributed by atoms with Crippen molar-refractivity contribution in [2.24, 2.45) is 0 Å². The minimum Gasteiger partial charge on any atom is -0.491 e. The van der Waals surface area contributed by atoms with Gasteiger partial charge in [0, 0.05) is 25.6 Å². The molecule has 1 N–H and O–H groups in total. The fraction of sp³-hybridized carbons (Fsp3) is 0.412. The third kappa shape index (κ3) is 5.54. The zero-order chi connectivity index (χ0) is 17.4. The van der Waals surface area contributed by atoms with Crippen LogP contribution in [0.2, 0.25) is 5.22 Å². The number of methoxy groups -OCH3 is 1. The lowest BCUT2D eigenvalue weighted by atomic mass is 10.1. The third-order valence-corrected chi connectivity index (χ3v) is 3.78. The molecule has 0 aliphatic carbocycles. The van der Waals surface area contributed by atoms with Crippen LogP contribution in [0.4, 0.5) is 0 Å². The van der Waals surface area contributed by atoms with Crippen molar-refractivity contribution < 1.29 is 18.8 Å². The smallest absolute Gasteiger partial charge is 0.229 e. The zero-order valence-electron chi connectivity index (χ0n) is 13.8. The van der Waals surface area contributed by atoms with E-state index in [4.69, 9.17) is 25.6 Å². The molecule has 0 fully saturated rings. The number of carbonyl (C=O) groups excluding carboxylic acids is 1. The summed E-state index contributed by atoms with van der Waals surface area (Å²) in [6.07, 6.45) is 0.825. The summed E-state index contributed by atoms with van der Waals surface area (Å²) >= 11 is 5.89. The minimum absolute atomic E-state index is 0.0580. The van der Waals surface area contributed by atoms with Gasteiger partial charge in [0.25, 0.3) is 0 Å². The monoisotopic (exact) mass is 352 g/mol. The number of nitrogens with zero attached hydrogens (tertiary/aromatic N) is 1. The van der Waals surface area contributed by atoms with Crippen LogP contribution < -0.4 is 10.1 Å². The van der Waals surface area contributed by atoms with Gasteiger partial charge in [-0.25, -0.2) is 0 Å². The maximum atomic E-state index is 12.0. The maximum absolute atomic E-state index is 12.0. The van der Waals surface area contributed by atoms with Gasteiger partial charge in [0.15, 0.2) is 0 Å². The lowest BCUT2D eigenvalue weighted by molar-refractivity contribution is -0.121. The molecular weight excluding hydrogens is 332 g/mol. The Morgan fingerprint density at radius 3 is 2.92 bits per heavy atom. The van der Waals surface area contributed by atoms with Gasteiger partial charge in [0.05, 0.1) is 12.3 Å². The van der Waals surface area contributed by atoms with E-state index in [1.807, 2.05) is 24.3 Å². The second kappa shape index (κ2) is 9.30. The van der Waals surface area contributed by atoms with E-state index in [0.717, 1.165) is 16.9 Å². The van der Waals surface area contributed by atoms with E-state index >= 15 is 0 Å². The topological polar surface area (TPSA) is 73.6 Å². The Bertz CT molecular complexity index is 653. The molecule has 2 aromatic rings. The van der Waals surface area contributed by atoms with Gasteiger partial charge in [-0.15, -0.1) is 0 Å². The van der Waals surface area contributed by atoms with E-state index in [9.17, 15) is 4.79 Å². The van der Waals surface area contributed by atoms with Crippen molar-refractivity contribution in [2.45, 2.75) is 26.3 Å². The highest BCUT2D eigenvalue weighted by Gasteiger charge is 2.12. The molecule has 0 aliphatic heterocycles. The van der Waals surface area contributed by atoms with Gasteiger partial charge in [0.2, 0.25) is 11.1 Å². The van der Waals surface area contributed by atoms with Crippen molar-refractivity contribution in [1.82, 2.24) is 10.5 Å². The number of nitrogens with one attached hydrogen (secondary N) is 1. The Balaban J connectivity index is 1.78. The van der Waals surface area contributed by atoms with Crippen LogP contribution in [0.15, 0.2) is 28.8 Å². The standard InChI is InChI=1S/C17H21ClN2O4/c1-12-15(17(18)24-20-12)6-7-16(21)19-11-13-4-3-5-14(10-13)23-9-8-22-2/h3-5,10H,6-9,11H2,1-2H3,(H,19,21). The van der Waals surface area contributed by atoms with E-state index < -0.39 is 0 Å². The molecule has 2 rings (SSSR count). The van der Waals surface area contributed by atoms with Crippen LogP contribution in [0.1, 0.15) is 23.2 Å². The Morgan fingerprint density at radius 1 is 1.38 bits per heavy atom. The first-order valence-corrected chi connectivity index (χ1v) is 8.06. The second-order valence-electron chi connectivity index (χ2n) is 5.29. The molecule has 0 radical (unpaired) electrons. The number of amides is 1. The van der Waals surface area contributed by atoms with Crippen molar-refractivity contribution in [1.29, 1.82) is 0 Å². The van der Waals surface area contributed by atoms with Crippen molar-refractivity contribution in [2.75, 3.05) is 20.3 Å². The Morgan fingerprint density at radius 2 is 2.21 bits per heavy atom. The number of benzene rings is 1. The number of ether oxygens (including phenoxy) is 2. The first-order chi connectivity index (χ1) is 11.6. The number of aryl methyl sites for hydroxylation is 1. The van der Waals surface area contributed by atoms with Crippen LogP contribution in [0.25, 0.3) is 0 Å². The predicted molar refractivity (Wildman–Crippen MR) is 90.2 cm³/mol. The lowest BCUT2D eigenvalue weighted by Gasteiger charge is -2.09. The van der Waals surface area contributed by atoms with Gasteiger partial charge in [-0.1, -0.05) is 17.3 Å². The highest BCUT2D eigenvalue weighted by Crippen LogP contribution is 2.20. The SMILES string of the molecule is COCCOc1cccc(CNC(=O)CCc2c(C)noc2Cl)c1. The Kier molecular flexibility index (Phi) is 7.08. The van der Waals surface area contributed by atoms with Crippen molar-refractivity contribution in [3.05, 3.63) is 46.3 Å². The van der Waals surface area contributed by atoms with Crippen molar-refractivity contribution in [3.63, 3.8) is 0 Å². The quantitative estimate of drug-likeness (QED) is 0.702. The zero-order valence-corrected chi connectivity index (χ0v) is 14.6. The average Bonchev–Trinajstić information content (AvgIpc) is 2.90. The Labute approximate surface area is 146 Å². The van der Waals surface area contributed by atoms with Crippen LogP contribution in [0.3, 0.4) is 0 Å². The van der Waals surface area contributed by atoms with E-state index in [1.54, 1.807) is 14.0 Å². The molecule has 0 bridgehead atoms. The number of rotatable bonds is 9. The molecule has 1 aromatic carbocycles. The highest BCUT2D eigenvalue weighted by atomic mass is 35.5. The molecule has 7 heteroatoms. The molecule has 24 heavy (non-hydrogen) atoms. The first kappa shape index (κ1) is 18.3. The van der Waals surface area contributed by atoms with Crippen LogP contribution in [-0.2, 0) is 22.5 Å². The normalized spacial score (nSPS) is 10.6. The van der Waals surface area contributed by atoms with Crippen LogP contribution in [-0.4, -0.2) is 31.4 Å². The predicted octanol–water partition coefficient (Wildman–Crippen LogP) is 2.91. The molecule has 1 aromatic heterocycles. The second-order valence-corrected chi connectivity index (χ2v) is 5.63. The first-order valence-electron chi connectivity index (χ1n) is 7.68. The van der Waals surface area contributed by atoms with E-state index in [-0.39, 0.29) is 11.1 Å². The molecule has 0 spiro atoms. The molecule has 0 unspecified atom stereocenters. The molecule has 0 aliphatic rings. The fourth-order valence-corrected chi connectivity index (χ4v) is 2.42. The van der Waals surface area contributed by atoms with Gasteiger partial charge in [-0.05, 0) is 42.6 Å². The molecule has 0 saturated carbocycles. The largest absolute Gasteiger partial charge is 0.491 e. The van der Waals surface area contributed by atoms with Gasteiger partial charge in [0.1, 0.15) is 12.4 Å². The van der Waals surface area contributed by atoms with Gasteiger partial charge in [-0.2, -0.15) is 0 Å². The molecule has 1 heterocycles. The van der Waals surface area contributed by atoms with Crippen molar-refractivity contribution in [3.8, 4) is 5.75 Å². The highest BCUT2D eigenvalue weighted by molar-refractivity contribution is 6.29. The summed E-state index contributed by atoms with van der Waals surface area (Å²) in [7, 11) is 1.63. The molecule has 1 amide bonds. The molecule has 130 valence electrons. The third-order valence-electron chi connectivity index (χ3n) is 3.48. The van der Waals surface area contributed by atoms with Gasteiger partial charge < -0.3 is 19.3 Å². The molecule has 0 saturated heterocycles. The molecular formula is C17H21ClN2O4. The summed E-state index contributed by atoms with van der Waals surface area (Å²) in [5.74, 6) is 0.697. The molecule has 0 atom stereocenters. The van der Waals surface area contributed by atoms with E-state index in [0.29, 0.717) is 38.3 Å². The number of hydrogen-bond donors (Lipinski definition) is 1. The summed E-state index contributed by atoms with van der Waals surface area (Å²) in [5.41, 5.74) is 2.46. The fourth-order valence-electron chi connectivity index (χ4n) is 2.16. The summed E-state index contributed by atoms with van der Waals surface area (Å²) in [4.78, 5) is 12.0. The maximum Gasteiger partial charge on any atom is 0.229 e. The summed E-state index contributed by atoms with van der Waals surface area (Å²) in [6, 6.07) is 7.60. The van der Waals surface area contributed by atoms with Crippen LogP contribution >= 0.6 is 11.6 Å². The molecule has 6 nitrogen and oxygen atoms in total. The average molecular weight is 353 g/mol. The summed E-state index contributed by atoms with van der Waals surface area (Å²) < 4.78 is 15.4. The summed E-state index contributed by atoms with van der Waals surface area (Å²) in [6.45, 7) is 3.27. The number of halogens is 1. The minimum atomic E-state index is -0.0580. The van der Waals surface area contributed by atoms with Gasteiger partial charge in [-0.3, -0.25) is 4.79 Å².